The van der Waals surface area contributed by atoms with Crippen LogP contribution in [0.5, 0.6) is 0 Å². The second kappa shape index (κ2) is 5.74. The lowest BCUT2D eigenvalue weighted by Crippen LogP contribution is -2.22. The molecule has 1 heterocycles. The first kappa shape index (κ1) is 14.1. The molecule has 1 amide bonds. The molecule has 20 heavy (non-hydrogen) atoms. The molecular weight excluding hydrogens is 285 g/mol. The first-order chi connectivity index (χ1) is 9.49. The van der Waals surface area contributed by atoms with Crippen LogP contribution in [0.3, 0.4) is 0 Å². The van der Waals surface area contributed by atoms with Crippen LogP contribution in [0.4, 0.5) is 10.1 Å². The van der Waals surface area contributed by atoms with E-state index in [1.165, 1.54) is 17.4 Å². The van der Waals surface area contributed by atoms with Crippen molar-refractivity contribution in [1.29, 1.82) is 0 Å². The molecule has 0 saturated heterocycles. The van der Waals surface area contributed by atoms with Crippen LogP contribution in [-0.2, 0) is 6.54 Å². The van der Waals surface area contributed by atoms with Crippen LogP contribution in [0.2, 0.25) is 0 Å². The average Bonchev–Trinajstić information content (AvgIpc) is 2.81. The number of carbonyl (C=O) groups excluding carboxylic acids is 1. The molecule has 104 valence electrons. The van der Waals surface area contributed by atoms with Gasteiger partial charge in [-0.2, -0.15) is 4.39 Å². The lowest BCUT2D eigenvalue weighted by molar-refractivity contribution is -0.387. The van der Waals surface area contributed by atoms with Gasteiger partial charge in [-0.1, -0.05) is 0 Å². The Kier molecular flexibility index (Phi) is 4.04. The van der Waals surface area contributed by atoms with Crippen LogP contribution in [0.15, 0.2) is 23.7 Å². The highest BCUT2D eigenvalue weighted by Gasteiger charge is 2.16. The number of nitro groups is 1. The van der Waals surface area contributed by atoms with Crippen LogP contribution in [-0.4, -0.2) is 15.8 Å². The number of rotatable bonds is 4. The highest BCUT2D eigenvalue weighted by atomic mass is 32.1. The summed E-state index contributed by atoms with van der Waals surface area (Å²) in [6.07, 6.45) is 0. The van der Waals surface area contributed by atoms with Gasteiger partial charge in [0.2, 0.25) is 5.82 Å². The number of nitrogens with one attached hydrogen (secondary N) is 1. The minimum atomic E-state index is -1.03. The van der Waals surface area contributed by atoms with E-state index in [-0.39, 0.29) is 12.1 Å². The minimum absolute atomic E-state index is 0.0373. The van der Waals surface area contributed by atoms with Crippen molar-refractivity contribution < 1.29 is 14.1 Å². The summed E-state index contributed by atoms with van der Waals surface area (Å²) in [4.78, 5) is 26.4. The molecule has 0 unspecified atom stereocenters. The fraction of sp³-hybridized carbons (Fsp3) is 0.167. The molecule has 0 saturated carbocycles. The highest BCUT2D eigenvalue weighted by Crippen LogP contribution is 2.18. The molecule has 1 aromatic carbocycles. The number of halogens is 1. The molecule has 0 spiro atoms. The summed E-state index contributed by atoms with van der Waals surface area (Å²) in [5, 5.41) is 13.1. The maximum absolute atomic E-state index is 13.4. The third-order valence-corrected chi connectivity index (χ3v) is 3.60. The predicted molar refractivity (Wildman–Crippen MR) is 71.1 cm³/mol. The SMILES string of the molecule is Cc1ncsc1CNC(=O)c1ccc([N+](=O)[O-])c(F)c1. The number of aromatic nitrogens is 1. The Bertz CT molecular complexity index is 672. The van der Waals surface area contributed by atoms with Crippen molar-refractivity contribution >= 4 is 22.9 Å². The molecular formula is C12H10FN3O3S. The summed E-state index contributed by atoms with van der Waals surface area (Å²) in [7, 11) is 0. The molecule has 0 radical (unpaired) electrons. The van der Waals surface area contributed by atoms with Crippen LogP contribution in [0, 0.1) is 22.9 Å². The number of benzene rings is 1. The normalized spacial score (nSPS) is 10.3. The van der Waals surface area contributed by atoms with Crippen molar-refractivity contribution in [3.8, 4) is 0 Å². The quantitative estimate of drug-likeness (QED) is 0.693. The summed E-state index contributed by atoms with van der Waals surface area (Å²) in [6, 6.07) is 3.05. The molecule has 0 aliphatic heterocycles. The zero-order valence-corrected chi connectivity index (χ0v) is 11.2. The maximum atomic E-state index is 13.4. The summed E-state index contributed by atoms with van der Waals surface area (Å²) in [5.74, 6) is -1.52. The van der Waals surface area contributed by atoms with Crippen molar-refractivity contribution in [3.63, 3.8) is 0 Å². The number of hydrogen-bond donors (Lipinski definition) is 1. The topological polar surface area (TPSA) is 85.1 Å². The summed E-state index contributed by atoms with van der Waals surface area (Å²) >= 11 is 1.41. The maximum Gasteiger partial charge on any atom is 0.304 e. The van der Waals surface area contributed by atoms with Gasteiger partial charge in [-0.3, -0.25) is 14.9 Å². The molecule has 2 aromatic rings. The van der Waals surface area contributed by atoms with Gasteiger partial charge in [-0.15, -0.1) is 11.3 Å². The number of nitrogens with zero attached hydrogens (tertiary/aromatic N) is 2. The number of aryl methyl sites for hydroxylation is 1. The molecule has 8 heteroatoms. The first-order valence-corrected chi connectivity index (χ1v) is 6.48. The van der Waals surface area contributed by atoms with Crippen molar-refractivity contribution in [3.05, 3.63) is 55.8 Å². The largest absolute Gasteiger partial charge is 0.347 e. The Labute approximate surface area is 117 Å². The first-order valence-electron chi connectivity index (χ1n) is 5.60. The molecule has 0 atom stereocenters. The Morgan fingerprint density at radius 3 is 2.85 bits per heavy atom. The van der Waals surface area contributed by atoms with Gasteiger partial charge in [0.1, 0.15) is 0 Å². The smallest absolute Gasteiger partial charge is 0.304 e. The van der Waals surface area contributed by atoms with Crippen LogP contribution in [0.25, 0.3) is 0 Å². The van der Waals surface area contributed by atoms with Gasteiger partial charge in [-0.25, -0.2) is 4.98 Å². The number of amides is 1. The van der Waals surface area contributed by atoms with Gasteiger partial charge >= 0.3 is 5.69 Å². The standard InChI is InChI=1S/C12H10FN3O3S/c1-7-11(20-6-15-7)5-14-12(17)8-2-3-10(16(18)19)9(13)4-8/h2-4,6H,5H2,1H3,(H,14,17). The Hall–Kier alpha value is -2.35. The van der Waals surface area contributed by atoms with Crippen LogP contribution in [0.1, 0.15) is 20.9 Å². The predicted octanol–water partition coefficient (Wildman–Crippen LogP) is 2.43. The van der Waals surface area contributed by atoms with E-state index < -0.39 is 22.3 Å². The van der Waals surface area contributed by atoms with Gasteiger partial charge in [-0.05, 0) is 19.1 Å². The second-order valence-corrected chi connectivity index (χ2v) is 4.91. The average molecular weight is 295 g/mol. The van der Waals surface area contributed by atoms with E-state index in [2.05, 4.69) is 10.3 Å². The van der Waals surface area contributed by atoms with E-state index in [1.807, 2.05) is 6.92 Å². The molecule has 0 fully saturated rings. The Morgan fingerprint density at radius 1 is 1.55 bits per heavy atom. The van der Waals surface area contributed by atoms with E-state index in [0.717, 1.165) is 22.7 Å². The number of hydrogen-bond acceptors (Lipinski definition) is 5. The molecule has 6 nitrogen and oxygen atoms in total. The molecule has 0 bridgehead atoms. The Morgan fingerprint density at radius 2 is 2.30 bits per heavy atom. The zero-order valence-electron chi connectivity index (χ0n) is 10.4. The monoisotopic (exact) mass is 295 g/mol. The van der Waals surface area contributed by atoms with Crippen molar-refractivity contribution in [2.45, 2.75) is 13.5 Å². The summed E-state index contributed by atoms with van der Waals surface area (Å²) in [6.45, 7) is 2.11. The second-order valence-electron chi connectivity index (χ2n) is 3.97. The molecule has 0 aliphatic carbocycles. The van der Waals surface area contributed by atoms with Gasteiger partial charge in [0.25, 0.3) is 5.91 Å². The Balaban J connectivity index is 2.08. The molecule has 0 aliphatic rings. The lowest BCUT2D eigenvalue weighted by atomic mass is 10.2. The fourth-order valence-electron chi connectivity index (χ4n) is 1.55. The summed E-state index contributed by atoms with van der Waals surface area (Å²) < 4.78 is 13.4. The highest BCUT2D eigenvalue weighted by molar-refractivity contribution is 7.09. The van der Waals surface area contributed by atoms with Crippen molar-refractivity contribution in [2.24, 2.45) is 0 Å². The van der Waals surface area contributed by atoms with Gasteiger partial charge in [0, 0.05) is 16.5 Å². The number of carbonyl (C=O) groups is 1. The van der Waals surface area contributed by atoms with Gasteiger partial charge in [0.15, 0.2) is 0 Å². The molecule has 1 aromatic heterocycles. The third kappa shape index (κ3) is 2.97. The lowest BCUT2D eigenvalue weighted by Gasteiger charge is -2.04. The van der Waals surface area contributed by atoms with Crippen LogP contribution >= 0.6 is 11.3 Å². The minimum Gasteiger partial charge on any atom is -0.347 e. The molecule has 2 rings (SSSR count). The zero-order chi connectivity index (χ0) is 14.7. The van der Waals surface area contributed by atoms with E-state index in [4.69, 9.17) is 0 Å². The van der Waals surface area contributed by atoms with E-state index >= 15 is 0 Å². The van der Waals surface area contributed by atoms with Crippen LogP contribution < -0.4 is 5.32 Å². The van der Waals surface area contributed by atoms with E-state index in [0.29, 0.717) is 0 Å². The van der Waals surface area contributed by atoms with Gasteiger partial charge < -0.3 is 5.32 Å². The van der Waals surface area contributed by atoms with E-state index in [9.17, 15) is 19.3 Å². The van der Waals surface area contributed by atoms with Crippen molar-refractivity contribution in [1.82, 2.24) is 10.3 Å². The van der Waals surface area contributed by atoms with Crippen molar-refractivity contribution in [2.75, 3.05) is 0 Å². The summed E-state index contributed by atoms with van der Waals surface area (Å²) in [5.41, 5.74) is 1.88. The van der Waals surface area contributed by atoms with E-state index in [1.54, 1.807) is 5.51 Å². The number of thiazole rings is 1. The fourth-order valence-corrected chi connectivity index (χ4v) is 2.27. The number of nitro benzene ring substituents is 1. The van der Waals surface area contributed by atoms with Gasteiger partial charge in [0.05, 0.1) is 22.7 Å². The molecule has 1 N–H and O–H groups in total. The third-order valence-electron chi connectivity index (χ3n) is 2.66.